The highest BCUT2D eigenvalue weighted by Gasteiger charge is 2.47. The molecule has 3 heterocycles. The van der Waals surface area contributed by atoms with Gasteiger partial charge in [0, 0.05) is 42.9 Å². The molecule has 2 saturated heterocycles. The minimum atomic E-state index is -4.54. The minimum absolute atomic E-state index is 0.0339. The zero-order valence-electron chi connectivity index (χ0n) is 20.5. The summed E-state index contributed by atoms with van der Waals surface area (Å²) >= 11 is 1.50. The van der Waals surface area contributed by atoms with Gasteiger partial charge in [0.1, 0.15) is 5.60 Å². The fourth-order valence-electron chi connectivity index (χ4n) is 6.11. The summed E-state index contributed by atoms with van der Waals surface area (Å²) in [7, 11) is 0. The highest BCUT2D eigenvalue weighted by Crippen LogP contribution is 2.45. The van der Waals surface area contributed by atoms with E-state index in [0.717, 1.165) is 68.6 Å². The van der Waals surface area contributed by atoms with Crippen LogP contribution in [0, 0.1) is 5.41 Å². The maximum Gasteiger partial charge on any atom is 0.416 e. The molecule has 11 heteroatoms. The van der Waals surface area contributed by atoms with Crippen molar-refractivity contribution in [3.63, 3.8) is 0 Å². The molecule has 1 aromatic heterocycles. The summed E-state index contributed by atoms with van der Waals surface area (Å²) in [6, 6.07) is 4.61. The first-order chi connectivity index (χ1) is 17.6. The number of likely N-dealkylation sites (tertiary alicyclic amines) is 2. The molecule has 1 aliphatic carbocycles. The van der Waals surface area contributed by atoms with Crippen molar-refractivity contribution in [1.82, 2.24) is 20.1 Å². The molecular formula is C26H31F3N4O3S. The first-order valence-electron chi connectivity index (χ1n) is 12.7. The lowest BCUT2D eigenvalue weighted by Crippen LogP contribution is -2.43. The second kappa shape index (κ2) is 9.99. The number of alkyl halides is 3. The number of amides is 2. The third kappa shape index (κ3) is 5.53. The number of nitrogens with zero attached hydrogens (tertiary/aromatic N) is 3. The Morgan fingerprint density at radius 1 is 1.14 bits per heavy atom. The van der Waals surface area contributed by atoms with E-state index in [0.29, 0.717) is 19.1 Å². The molecule has 2 N–H and O–H groups in total. The second-order valence-corrected chi connectivity index (χ2v) is 11.6. The zero-order chi connectivity index (χ0) is 26.3. The lowest BCUT2D eigenvalue weighted by atomic mass is 9.80. The van der Waals surface area contributed by atoms with Gasteiger partial charge in [0.05, 0.1) is 22.5 Å². The van der Waals surface area contributed by atoms with Crippen LogP contribution >= 0.6 is 11.3 Å². The molecule has 2 aromatic rings. The van der Waals surface area contributed by atoms with E-state index in [9.17, 15) is 27.9 Å². The van der Waals surface area contributed by atoms with Crippen LogP contribution in [-0.2, 0) is 16.6 Å². The van der Waals surface area contributed by atoms with E-state index in [2.05, 4.69) is 15.2 Å². The van der Waals surface area contributed by atoms with Gasteiger partial charge in [-0.1, -0.05) is 6.07 Å². The summed E-state index contributed by atoms with van der Waals surface area (Å²) in [6.07, 6.45) is 2.42. The molecule has 0 unspecified atom stereocenters. The predicted molar refractivity (Wildman–Crippen MR) is 132 cm³/mol. The fourth-order valence-corrected chi connectivity index (χ4v) is 6.89. The van der Waals surface area contributed by atoms with Crippen LogP contribution < -0.4 is 5.32 Å². The SMILES string of the molecule is O=C(NCC(=O)N1CC[C@]2(CCN(C3CCC(O)(c4cncs4)CC3)C2)C1)c1cccc(C(F)(F)F)c1. The Labute approximate surface area is 217 Å². The summed E-state index contributed by atoms with van der Waals surface area (Å²) in [5.41, 5.74) is -0.00400. The lowest BCUT2D eigenvalue weighted by molar-refractivity contribution is -0.137. The van der Waals surface area contributed by atoms with Crippen LogP contribution in [0.2, 0.25) is 0 Å². The molecule has 2 aliphatic heterocycles. The van der Waals surface area contributed by atoms with Crippen molar-refractivity contribution in [3.8, 4) is 0 Å². The topological polar surface area (TPSA) is 85.8 Å². The van der Waals surface area contributed by atoms with E-state index in [1.54, 1.807) is 16.6 Å². The number of aliphatic hydroxyl groups is 1. The van der Waals surface area contributed by atoms with E-state index in [4.69, 9.17) is 0 Å². The molecule has 7 nitrogen and oxygen atoms in total. The number of hydrogen-bond donors (Lipinski definition) is 2. The Kier molecular flexibility index (Phi) is 7.06. The molecule has 200 valence electrons. The van der Waals surface area contributed by atoms with Gasteiger partial charge in [0.25, 0.3) is 5.91 Å². The predicted octanol–water partition coefficient (Wildman–Crippen LogP) is 3.65. The molecule has 5 rings (SSSR count). The number of aromatic nitrogens is 1. The molecular weight excluding hydrogens is 505 g/mol. The highest BCUT2D eigenvalue weighted by atomic mass is 32.1. The summed E-state index contributed by atoms with van der Waals surface area (Å²) < 4.78 is 38.8. The zero-order valence-corrected chi connectivity index (χ0v) is 21.3. The van der Waals surface area contributed by atoms with Crippen molar-refractivity contribution < 1.29 is 27.9 Å². The average Bonchev–Trinajstić information content (AvgIpc) is 3.65. The van der Waals surface area contributed by atoms with Gasteiger partial charge < -0.3 is 15.3 Å². The number of thiazole rings is 1. The third-order valence-electron chi connectivity index (χ3n) is 8.30. The number of rotatable bonds is 5. The minimum Gasteiger partial charge on any atom is -0.384 e. The van der Waals surface area contributed by atoms with Gasteiger partial charge in [-0.25, -0.2) is 0 Å². The van der Waals surface area contributed by atoms with Gasteiger partial charge in [0.2, 0.25) is 5.91 Å². The number of hydrogen-bond acceptors (Lipinski definition) is 6. The van der Waals surface area contributed by atoms with Gasteiger partial charge in [0.15, 0.2) is 0 Å². The van der Waals surface area contributed by atoms with Crippen LogP contribution in [0.25, 0.3) is 0 Å². The lowest BCUT2D eigenvalue weighted by Gasteiger charge is -2.39. The quantitative estimate of drug-likeness (QED) is 0.610. The monoisotopic (exact) mass is 536 g/mol. The maximum absolute atomic E-state index is 12.9. The largest absolute Gasteiger partial charge is 0.416 e. The number of nitrogens with one attached hydrogen (secondary N) is 1. The Hall–Kier alpha value is -2.50. The van der Waals surface area contributed by atoms with Crippen LogP contribution in [0.5, 0.6) is 0 Å². The average molecular weight is 537 g/mol. The standard InChI is InChI=1S/C26H31F3N4O3S/c27-26(28,29)19-3-1-2-18(12-19)23(35)31-14-22(34)33-11-9-24(16-33)8-10-32(15-24)20-4-6-25(36,7-5-20)21-13-30-17-37-21/h1-3,12-13,17,20,36H,4-11,14-16H2,(H,31,35)/t20?,24-,25?/m0/s1. The molecule has 1 atom stereocenters. The van der Waals surface area contributed by atoms with Crippen LogP contribution in [0.4, 0.5) is 13.2 Å². The molecule has 1 aromatic carbocycles. The van der Waals surface area contributed by atoms with E-state index >= 15 is 0 Å². The Morgan fingerprint density at radius 3 is 2.59 bits per heavy atom. The van der Waals surface area contributed by atoms with E-state index in [1.165, 1.54) is 23.5 Å². The summed E-state index contributed by atoms with van der Waals surface area (Å²) in [5, 5.41) is 13.5. The van der Waals surface area contributed by atoms with Crippen molar-refractivity contribution in [3.05, 3.63) is 52.0 Å². The van der Waals surface area contributed by atoms with E-state index in [-0.39, 0.29) is 23.4 Å². The van der Waals surface area contributed by atoms with Crippen molar-refractivity contribution >= 4 is 23.2 Å². The van der Waals surface area contributed by atoms with E-state index in [1.807, 2.05) is 0 Å². The molecule has 37 heavy (non-hydrogen) atoms. The van der Waals surface area contributed by atoms with Gasteiger partial charge >= 0.3 is 6.18 Å². The van der Waals surface area contributed by atoms with Crippen LogP contribution in [0.15, 0.2) is 36.0 Å². The Morgan fingerprint density at radius 2 is 1.89 bits per heavy atom. The highest BCUT2D eigenvalue weighted by molar-refractivity contribution is 7.09. The summed E-state index contributed by atoms with van der Waals surface area (Å²) in [5.74, 6) is -0.918. The number of halogens is 3. The van der Waals surface area contributed by atoms with Gasteiger partial charge in [-0.15, -0.1) is 11.3 Å². The fraction of sp³-hybridized carbons (Fsp3) is 0.577. The van der Waals surface area contributed by atoms with Crippen LogP contribution in [0.1, 0.15) is 59.3 Å². The van der Waals surface area contributed by atoms with Crippen LogP contribution in [-0.4, -0.2) is 70.5 Å². The van der Waals surface area contributed by atoms with Crippen molar-refractivity contribution in [2.24, 2.45) is 5.41 Å². The van der Waals surface area contributed by atoms with Crippen molar-refractivity contribution in [2.45, 2.75) is 56.3 Å². The van der Waals surface area contributed by atoms with Gasteiger partial charge in [-0.2, -0.15) is 13.2 Å². The van der Waals surface area contributed by atoms with E-state index < -0.39 is 23.2 Å². The van der Waals surface area contributed by atoms with Gasteiger partial charge in [-0.3, -0.25) is 19.5 Å². The number of benzene rings is 1. The molecule has 3 fully saturated rings. The first kappa shape index (κ1) is 26.1. The Balaban J connectivity index is 1.10. The normalized spacial score (nSPS) is 28.6. The number of carbonyl (C=O) groups excluding carboxylic acids is 2. The maximum atomic E-state index is 12.9. The third-order valence-corrected chi connectivity index (χ3v) is 9.27. The van der Waals surface area contributed by atoms with Crippen molar-refractivity contribution in [1.29, 1.82) is 0 Å². The number of carbonyl (C=O) groups is 2. The molecule has 1 saturated carbocycles. The molecule has 2 amide bonds. The summed E-state index contributed by atoms with van der Waals surface area (Å²) in [4.78, 5) is 34.5. The molecule has 1 spiro atoms. The molecule has 3 aliphatic rings. The van der Waals surface area contributed by atoms with Crippen LogP contribution in [0.3, 0.4) is 0 Å². The second-order valence-electron chi connectivity index (χ2n) is 10.7. The smallest absolute Gasteiger partial charge is 0.384 e. The Bertz CT molecular complexity index is 1130. The molecule has 0 bridgehead atoms. The van der Waals surface area contributed by atoms with Gasteiger partial charge in [-0.05, 0) is 63.3 Å². The first-order valence-corrected chi connectivity index (χ1v) is 13.5. The van der Waals surface area contributed by atoms with Crippen molar-refractivity contribution in [2.75, 3.05) is 32.7 Å². The summed E-state index contributed by atoms with van der Waals surface area (Å²) in [6.45, 7) is 2.88. The molecule has 0 radical (unpaired) electrons.